The van der Waals surface area contributed by atoms with Crippen LogP contribution in [-0.2, 0) is 0 Å². The molecule has 7 heavy (non-hydrogen) atoms. The summed E-state index contributed by atoms with van der Waals surface area (Å²) in [6.07, 6.45) is 2.95. The predicted octanol–water partition coefficient (Wildman–Crippen LogP) is 2.98. The molecule has 0 aliphatic carbocycles. The quantitative estimate of drug-likeness (QED) is 0.435. The molecule has 0 N–H and O–H groups in total. The van der Waals surface area contributed by atoms with Crippen LogP contribution < -0.4 is 0 Å². The van der Waals surface area contributed by atoms with Crippen molar-refractivity contribution in [2.75, 3.05) is 5.33 Å². The first-order valence-electron chi connectivity index (χ1n) is 2.58. The summed E-state index contributed by atoms with van der Waals surface area (Å²) in [6.45, 7) is 7.52. The Bertz CT molecular complexity index is 25.4. The van der Waals surface area contributed by atoms with Gasteiger partial charge in [0, 0.05) is 5.33 Å². The standard InChI is InChI=1S/C4H7Br.C2H6/c1-2-3-4-5;1-2/h2H,1,3-4H2;1-2H3. The van der Waals surface area contributed by atoms with Crippen LogP contribution in [-0.4, -0.2) is 5.33 Å². The molecule has 1 heteroatoms. The molecule has 0 unspecified atom stereocenters. The van der Waals surface area contributed by atoms with Gasteiger partial charge in [-0.1, -0.05) is 35.9 Å². The Morgan fingerprint density at radius 2 is 2.00 bits per heavy atom. The van der Waals surface area contributed by atoms with Crippen molar-refractivity contribution in [3.8, 4) is 0 Å². The summed E-state index contributed by atoms with van der Waals surface area (Å²) in [4.78, 5) is 0. The van der Waals surface area contributed by atoms with E-state index in [1.807, 2.05) is 19.9 Å². The maximum absolute atomic E-state index is 3.52. The summed E-state index contributed by atoms with van der Waals surface area (Å²) in [6, 6.07) is 0. The van der Waals surface area contributed by atoms with Gasteiger partial charge in [0.15, 0.2) is 0 Å². The van der Waals surface area contributed by atoms with Crippen molar-refractivity contribution >= 4 is 15.9 Å². The third kappa shape index (κ3) is 22.5. The number of rotatable bonds is 2. The van der Waals surface area contributed by atoms with Crippen molar-refractivity contribution < 1.29 is 0 Å². The number of halogens is 1. The molecule has 0 aliphatic heterocycles. The third-order valence-electron chi connectivity index (χ3n) is 0.313. The second-order valence-electron chi connectivity index (χ2n) is 0.766. The molecule has 44 valence electrons. The van der Waals surface area contributed by atoms with E-state index in [1.54, 1.807) is 0 Å². The highest BCUT2D eigenvalue weighted by Crippen LogP contribution is 1.84. The maximum Gasteiger partial charge on any atom is 0.00658 e. The highest BCUT2D eigenvalue weighted by atomic mass is 79.9. The molecule has 0 heterocycles. The molecule has 0 aromatic carbocycles. The Kier molecular flexibility index (Phi) is 23.9. The molecule has 0 spiro atoms. The lowest BCUT2D eigenvalue weighted by Gasteiger charge is -1.71. The molecule has 0 amide bonds. The molecule has 0 aromatic heterocycles. The summed E-state index contributed by atoms with van der Waals surface area (Å²) in [7, 11) is 0. The molecule has 0 aliphatic rings. The topological polar surface area (TPSA) is 0 Å². The van der Waals surface area contributed by atoms with E-state index in [1.165, 1.54) is 0 Å². The van der Waals surface area contributed by atoms with E-state index in [-0.39, 0.29) is 0 Å². The van der Waals surface area contributed by atoms with Gasteiger partial charge in [-0.05, 0) is 6.42 Å². The van der Waals surface area contributed by atoms with Gasteiger partial charge in [-0.2, -0.15) is 0 Å². The minimum absolute atomic E-state index is 1.04. The smallest absolute Gasteiger partial charge is 0.00658 e. The molecule has 0 atom stereocenters. The molecule has 0 rings (SSSR count). The number of alkyl halides is 1. The van der Waals surface area contributed by atoms with Crippen LogP contribution in [0.5, 0.6) is 0 Å². The van der Waals surface area contributed by atoms with Crippen LogP contribution in [0.25, 0.3) is 0 Å². The second-order valence-corrected chi connectivity index (χ2v) is 1.56. The van der Waals surface area contributed by atoms with Crippen molar-refractivity contribution in [3.63, 3.8) is 0 Å². The van der Waals surface area contributed by atoms with Gasteiger partial charge in [0.1, 0.15) is 0 Å². The summed E-state index contributed by atoms with van der Waals surface area (Å²) in [5.41, 5.74) is 0. The van der Waals surface area contributed by atoms with Gasteiger partial charge in [0.05, 0.1) is 0 Å². The zero-order chi connectivity index (χ0) is 6.12. The fraction of sp³-hybridized carbons (Fsp3) is 0.667. The fourth-order valence-corrected chi connectivity index (χ4v) is 0.401. The zero-order valence-electron chi connectivity index (χ0n) is 5.08. The van der Waals surface area contributed by atoms with Crippen molar-refractivity contribution in [1.82, 2.24) is 0 Å². The third-order valence-corrected chi connectivity index (χ3v) is 0.771. The van der Waals surface area contributed by atoms with Gasteiger partial charge in [-0.15, -0.1) is 6.58 Å². The zero-order valence-corrected chi connectivity index (χ0v) is 6.66. The highest BCUT2D eigenvalue weighted by Gasteiger charge is 1.63. The summed E-state index contributed by atoms with van der Waals surface area (Å²) in [5, 5.41) is 1.04. The van der Waals surface area contributed by atoms with Crippen LogP contribution in [0.4, 0.5) is 0 Å². The van der Waals surface area contributed by atoms with Gasteiger partial charge in [0.25, 0.3) is 0 Å². The minimum atomic E-state index is 1.04. The van der Waals surface area contributed by atoms with Gasteiger partial charge in [-0.25, -0.2) is 0 Å². The molecule has 0 saturated carbocycles. The molecule has 0 fully saturated rings. The highest BCUT2D eigenvalue weighted by molar-refractivity contribution is 9.09. The Hall–Kier alpha value is 0.220. The van der Waals surface area contributed by atoms with E-state index in [0.29, 0.717) is 0 Å². The number of hydrogen-bond donors (Lipinski definition) is 0. The van der Waals surface area contributed by atoms with Crippen LogP contribution >= 0.6 is 15.9 Å². The lowest BCUT2D eigenvalue weighted by Crippen LogP contribution is -1.58. The van der Waals surface area contributed by atoms with E-state index in [9.17, 15) is 0 Å². The Labute approximate surface area is 54.7 Å². The van der Waals surface area contributed by atoms with E-state index in [2.05, 4.69) is 22.5 Å². The molecule has 0 aromatic rings. The second kappa shape index (κ2) is 16.3. The summed E-state index contributed by atoms with van der Waals surface area (Å²) in [5.74, 6) is 0. The lowest BCUT2D eigenvalue weighted by molar-refractivity contribution is 1.27. The van der Waals surface area contributed by atoms with Crippen LogP contribution in [0.1, 0.15) is 20.3 Å². The first-order valence-corrected chi connectivity index (χ1v) is 3.71. The SMILES string of the molecule is C=CCCBr.CC. The van der Waals surface area contributed by atoms with E-state index >= 15 is 0 Å². The fourth-order valence-electron chi connectivity index (χ4n) is 0.0772. The summed E-state index contributed by atoms with van der Waals surface area (Å²) >= 11 is 3.24. The average molecular weight is 165 g/mol. The van der Waals surface area contributed by atoms with Gasteiger partial charge >= 0.3 is 0 Å². The van der Waals surface area contributed by atoms with Gasteiger partial charge < -0.3 is 0 Å². The average Bonchev–Trinajstić information content (AvgIpc) is 1.75. The van der Waals surface area contributed by atoms with E-state index in [4.69, 9.17) is 0 Å². The molecular weight excluding hydrogens is 152 g/mol. The first kappa shape index (κ1) is 10.3. The van der Waals surface area contributed by atoms with Crippen molar-refractivity contribution in [1.29, 1.82) is 0 Å². The Balaban J connectivity index is 0. The number of hydrogen-bond acceptors (Lipinski definition) is 0. The first-order chi connectivity index (χ1) is 3.41. The molecule has 0 bridgehead atoms. The van der Waals surface area contributed by atoms with Crippen LogP contribution in [0.3, 0.4) is 0 Å². The van der Waals surface area contributed by atoms with Gasteiger partial charge in [-0.3, -0.25) is 0 Å². The largest absolute Gasteiger partial charge is 0.103 e. The van der Waals surface area contributed by atoms with Crippen LogP contribution in [0.15, 0.2) is 12.7 Å². The Morgan fingerprint density at radius 1 is 1.57 bits per heavy atom. The lowest BCUT2D eigenvalue weighted by atomic mass is 10.5. The monoisotopic (exact) mass is 164 g/mol. The maximum atomic E-state index is 3.52. The van der Waals surface area contributed by atoms with E-state index < -0.39 is 0 Å². The molecular formula is C6H13Br. The van der Waals surface area contributed by atoms with Crippen molar-refractivity contribution in [3.05, 3.63) is 12.7 Å². The van der Waals surface area contributed by atoms with Crippen molar-refractivity contribution in [2.24, 2.45) is 0 Å². The van der Waals surface area contributed by atoms with Crippen molar-refractivity contribution in [2.45, 2.75) is 20.3 Å². The minimum Gasteiger partial charge on any atom is -0.103 e. The predicted molar refractivity (Wildman–Crippen MR) is 40.0 cm³/mol. The van der Waals surface area contributed by atoms with Crippen LogP contribution in [0, 0.1) is 0 Å². The summed E-state index contributed by atoms with van der Waals surface area (Å²) < 4.78 is 0. The molecule has 0 nitrogen and oxygen atoms in total. The van der Waals surface area contributed by atoms with E-state index in [0.717, 1.165) is 11.8 Å². The van der Waals surface area contributed by atoms with Crippen LogP contribution in [0.2, 0.25) is 0 Å². The van der Waals surface area contributed by atoms with Gasteiger partial charge in [0.2, 0.25) is 0 Å². The molecule has 0 radical (unpaired) electrons. The number of allylic oxidation sites excluding steroid dienone is 1. The molecule has 0 saturated heterocycles. The Morgan fingerprint density at radius 3 is 2.00 bits per heavy atom. The normalized spacial score (nSPS) is 6.14.